The van der Waals surface area contributed by atoms with Crippen LogP contribution in [0.4, 0.5) is 4.79 Å². The van der Waals surface area contributed by atoms with Crippen molar-refractivity contribution < 1.29 is 28.5 Å². The minimum Gasteiger partial charge on any atom is -0.497 e. The fraction of sp³-hybridized carbons (Fsp3) is 0.619. The molecule has 1 aliphatic rings. The van der Waals surface area contributed by atoms with Gasteiger partial charge in [-0.05, 0) is 57.7 Å². The van der Waals surface area contributed by atoms with Crippen molar-refractivity contribution in [2.24, 2.45) is 5.92 Å². The van der Waals surface area contributed by atoms with Crippen LogP contribution in [0.15, 0.2) is 18.2 Å². The summed E-state index contributed by atoms with van der Waals surface area (Å²) in [5.41, 5.74) is 1.02. The van der Waals surface area contributed by atoms with Crippen LogP contribution in [-0.2, 0) is 19.0 Å². The van der Waals surface area contributed by atoms with E-state index >= 15 is 0 Å². The second kappa shape index (κ2) is 8.82. The molecule has 28 heavy (non-hydrogen) atoms. The third-order valence-electron chi connectivity index (χ3n) is 4.44. The zero-order valence-electron chi connectivity index (χ0n) is 17.7. The van der Waals surface area contributed by atoms with Crippen LogP contribution < -0.4 is 4.74 Å². The van der Waals surface area contributed by atoms with Crippen LogP contribution in [0.2, 0.25) is 0 Å². The second-order valence-electron chi connectivity index (χ2n) is 8.40. The molecule has 156 valence electrons. The molecular formula is C21H31NO6. The van der Waals surface area contributed by atoms with Crippen molar-refractivity contribution in [2.75, 3.05) is 7.11 Å². The molecule has 2 unspecified atom stereocenters. The van der Waals surface area contributed by atoms with Gasteiger partial charge in [0.1, 0.15) is 17.4 Å². The number of methoxy groups -OCH3 is 1. The first-order valence-electron chi connectivity index (χ1n) is 9.47. The summed E-state index contributed by atoms with van der Waals surface area (Å²) in [5.74, 6) is 0.967. The van der Waals surface area contributed by atoms with Crippen molar-refractivity contribution in [1.82, 2.24) is 4.90 Å². The lowest BCUT2D eigenvalue weighted by molar-refractivity contribution is -0.163. The predicted octanol–water partition coefficient (Wildman–Crippen LogP) is 4.18. The average Bonchev–Trinajstić information content (AvgIpc) is 2.91. The number of ether oxygens (including phenoxy) is 4. The third kappa shape index (κ3) is 5.16. The Bertz CT molecular complexity index is 697. The van der Waals surface area contributed by atoms with Crippen LogP contribution in [-0.4, -0.2) is 42.5 Å². The van der Waals surface area contributed by atoms with Gasteiger partial charge in [-0.15, -0.1) is 0 Å². The molecule has 7 heteroatoms. The minimum absolute atomic E-state index is 0.256. The first kappa shape index (κ1) is 22.0. The van der Waals surface area contributed by atoms with Crippen molar-refractivity contribution >= 4 is 12.6 Å². The molecule has 1 amide bonds. The lowest BCUT2D eigenvalue weighted by atomic mass is 10.0. The molecule has 3 atom stereocenters. The molecule has 1 saturated heterocycles. The SMILES string of the molecule is COc1ccc(C2OC(OC=O)[C@H](CC(C)C)N2C(=O)OC(C)(C)C)c(C)c1. The lowest BCUT2D eigenvalue weighted by Gasteiger charge is -2.32. The quantitative estimate of drug-likeness (QED) is 0.675. The third-order valence-corrected chi connectivity index (χ3v) is 4.44. The van der Waals surface area contributed by atoms with Gasteiger partial charge in [-0.1, -0.05) is 19.9 Å². The molecule has 2 rings (SSSR count). The highest BCUT2D eigenvalue weighted by molar-refractivity contribution is 5.70. The summed E-state index contributed by atoms with van der Waals surface area (Å²) in [5, 5.41) is 0. The van der Waals surface area contributed by atoms with Gasteiger partial charge in [0.25, 0.3) is 6.47 Å². The van der Waals surface area contributed by atoms with E-state index in [1.54, 1.807) is 12.0 Å². The van der Waals surface area contributed by atoms with Gasteiger partial charge < -0.3 is 18.9 Å². The van der Waals surface area contributed by atoms with Crippen molar-refractivity contribution in [3.8, 4) is 5.75 Å². The van der Waals surface area contributed by atoms with Gasteiger partial charge in [-0.3, -0.25) is 9.69 Å². The summed E-state index contributed by atoms with van der Waals surface area (Å²) < 4.78 is 22.1. The number of carbonyl (C=O) groups is 2. The molecule has 0 saturated carbocycles. The monoisotopic (exact) mass is 393 g/mol. The zero-order chi connectivity index (χ0) is 21.1. The maximum Gasteiger partial charge on any atom is 0.413 e. The molecule has 1 aromatic carbocycles. The van der Waals surface area contributed by atoms with Gasteiger partial charge in [0, 0.05) is 5.56 Å². The molecule has 0 spiro atoms. The van der Waals surface area contributed by atoms with Crippen LogP contribution in [0.5, 0.6) is 5.75 Å². The highest BCUT2D eigenvalue weighted by atomic mass is 16.7. The fourth-order valence-electron chi connectivity index (χ4n) is 3.29. The number of carbonyl (C=O) groups excluding carboxylic acids is 2. The van der Waals surface area contributed by atoms with Crippen LogP contribution in [0.3, 0.4) is 0 Å². The fourth-order valence-corrected chi connectivity index (χ4v) is 3.29. The summed E-state index contributed by atoms with van der Waals surface area (Å²) in [6.07, 6.45) is -1.49. The number of hydrogen-bond donors (Lipinski definition) is 0. The average molecular weight is 393 g/mol. The minimum atomic E-state index is -0.862. The number of nitrogens with zero attached hydrogens (tertiary/aromatic N) is 1. The number of hydrogen-bond acceptors (Lipinski definition) is 6. The molecule has 1 aliphatic heterocycles. The van der Waals surface area contributed by atoms with Gasteiger partial charge in [-0.25, -0.2) is 4.79 Å². The van der Waals surface area contributed by atoms with Gasteiger partial charge in [0.2, 0.25) is 6.29 Å². The number of benzene rings is 1. The van der Waals surface area contributed by atoms with E-state index in [2.05, 4.69) is 0 Å². The van der Waals surface area contributed by atoms with E-state index in [9.17, 15) is 9.59 Å². The van der Waals surface area contributed by atoms with Gasteiger partial charge in [-0.2, -0.15) is 0 Å². The van der Waals surface area contributed by atoms with Crippen molar-refractivity contribution in [3.63, 3.8) is 0 Å². The Hall–Kier alpha value is -2.28. The molecule has 0 aliphatic carbocycles. The molecule has 0 aromatic heterocycles. The normalized spacial score (nSPS) is 22.3. The molecule has 1 aromatic rings. The Morgan fingerprint density at radius 2 is 2.00 bits per heavy atom. The number of rotatable bonds is 6. The van der Waals surface area contributed by atoms with E-state index in [4.69, 9.17) is 18.9 Å². The summed E-state index contributed by atoms with van der Waals surface area (Å²) in [6.45, 7) is 11.8. The van der Waals surface area contributed by atoms with Gasteiger partial charge in [0.15, 0.2) is 6.23 Å². The topological polar surface area (TPSA) is 74.3 Å². The highest BCUT2D eigenvalue weighted by Gasteiger charge is 2.49. The molecule has 0 radical (unpaired) electrons. The van der Waals surface area contributed by atoms with Crippen molar-refractivity contribution in [2.45, 2.75) is 72.1 Å². The first-order valence-corrected chi connectivity index (χ1v) is 9.47. The Morgan fingerprint density at radius 1 is 1.32 bits per heavy atom. The smallest absolute Gasteiger partial charge is 0.413 e. The molecule has 0 bridgehead atoms. The van der Waals surface area contributed by atoms with E-state index in [0.29, 0.717) is 18.6 Å². The van der Waals surface area contributed by atoms with Crippen LogP contribution >= 0.6 is 0 Å². The number of aryl methyl sites for hydroxylation is 1. The van der Waals surface area contributed by atoms with Gasteiger partial charge in [0.05, 0.1) is 7.11 Å². The van der Waals surface area contributed by atoms with E-state index in [-0.39, 0.29) is 5.92 Å². The summed E-state index contributed by atoms with van der Waals surface area (Å²) in [4.78, 5) is 25.7. The highest BCUT2D eigenvalue weighted by Crippen LogP contribution is 2.40. The van der Waals surface area contributed by atoms with Crippen LogP contribution in [0.1, 0.15) is 58.4 Å². The summed E-state index contributed by atoms with van der Waals surface area (Å²) in [6, 6.07) is 5.08. The zero-order valence-corrected chi connectivity index (χ0v) is 17.7. The van der Waals surface area contributed by atoms with E-state index in [1.807, 2.05) is 59.7 Å². The maximum absolute atomic E-state index is 13.1. The first-order chi connectivity index (χ1) is 13.1. The largest absolute Gasteiger partial charge is 0.497 e. The molecule has 7 nitrogen and oxygen atoms in total. The standard InChI is InChI=1S/C21H31NO6/c1-13(2)10-17-19(26-12-23)27-18(22(17)20(24)28-21(4,5)6)16-9-8-15(25-7)11-14(16)3/h8-9,11-13,17-19H,10H2,1-7H3/t17-,18?,19?/m0/s1. The Morgan fingerprint density at radius 3 is 2.50 bits per heavy atom. The van der Waals surface area contributed by atoms with E-state index < -0.39 is 30.3 Å². The van der Waals surface area contributed by atoms with E-state index in [1.165, 1.54) is 0 Å². The Labute approximate surface area is 166 Å². The van der Waals surface area contributed by atoms with Crippen LogP contribution in [0.25, 0.3) is 0 Å². The Balaban J connectivity index is 2.47. The molecular weight excluding hydrogens is 362 g/mol. The molecule has 1 heterocycles. The lowest BCUT2D eigenvalue weighted by Crippen LogP contribution is -2.44. The van der Waals surface area contributed by atoms with Gasteiger partial charge >= 0.3 is 6.09 Å². The van der Waals surface area contributed by atoms with Crippen molar-refractivity contribution in [3.05, 3.63) is 29.3 Å². The predicted molar refractivity (Wildman–Crippen MR) is 104 cm³/mol. The molecule has 1 fully saturated rings. The second-order valence-corrected chi connectivity index (χ2v) is 8.40. The summed E-state index contributed by atoms with van der Waals surface area (Å²) >= 11 is 0. The number of amides is 1. The van der Waals surface area contributed by atoms with Crippen molar-refractivity contribution in [1.29, 1.82) is 0 Å². The summed E-state index contributed by atoms with van der Waals surface area (Å²) in [7, 11) is 1.60. The molecule has 0 N–H and O–H groups in total. The van der Waals surface area contributed by atoms with Crippen LogP contribution in [0, 0.1) is 12.8 Å². The van der Waals surface area contributed by atoms with E-state index in [0.717, 1.165) is 11.1 Å². The Kier molecular flexibility index (Phi) is 6.93. The maximum atomic E-state index is 13.1.